The Hall–Kier alpha value is -1.00. The molecule has 5 aliphatic carbocycles. The molecule has 4 bridgehead atoms. The van der Waals surface area contributed by atoms with Gasteiger partial charge in [0, 0.05) is 18.5 Å². The largest absolute Gasteiger partial charge is 0.353 e. The summed E-state index contributed by atoms with van der Waals surface area (Å²) in [4.78, 5) is 12.7. The van der Waals surface area contributed by atoms with Gasteiger partial charge in [-0.1, -0.05) is 30.3 Å². The van der Waals surface area contributed by atoms with Crippen LogP contribution in [-0.4, -0.2) is 30.0 Å². The zero-order valence-corrected chi connectivity index (χ0v) is 20.0. The molecule has 2 unspecified atom stereocenters. The van der Waals surface area contributed by atoms with Crippen molar-refractivity contribution in [1.82, 2.24) is 5.32 Å². The molecule has 0 spiro atoms. The third-order valence-electron chi connectivity index (χ3n) is 9.30. The molecule has 0 saturated heterocycles. The molecule has 3 N–H and O–H groups in total. The van der Waals surface area contributed by atoms with Gasteiger partial charge < -0.3 is 11.1 Å². The lowest BCUT2D eigenvalue weighted by atomic mass is 9.40. The fourth-order valence-electron chi connectivity index (χ4n) is 8.36. The van der Waals surface area contributed by atoms with E-state index in [1.165, 1.54) is 37.9 Å². The summed E-state index contributed by atoms with van der Waals surface area (Å²) in [6.07, 6.45) is 15.2. The predicted octanol–water partition coefficient (Wildman–Crippen LogP) is 5.28. The molecule has 6 rings (SSSR count). The van der Waals surface area contributed by atoms with E-state index in [4.69, 9.17) is 5.73 Å². The number of carbonyl (C=O) groups excluding carboxylic acids is 1. The third-order valence-corrected chi connectivity index (χ3v) is 10.2. The average molecular weight is 441 g/mol. The van der Waals surface area contributed by atoms with Crippen molar-refractivity contribution in [3.8, 4) is 0 Å². The minimum absolute atomic E-state index is 0.283. The molecule has 5 saturated carbocycles. The maximum Gasteiger partial charge on any atom is 0.220 e. The number of nitrogens with one attached hydrogen (secondary N) is 1. The Morgan fingerprint density at radius 1 is 1.06 bits per heavy atom. The van der Waals surface area contributed by atoms with Crippen molar-refractivity contribution < 1.29 is 4.79 Å². The average Bonchev–Trinajstić information content (AvgIpc) is 2.75. The van der Waals surface area contributed by atoms with Crippen molar-refractivity contribution in [2.24, 2.45) is 28.9 Å². The van der Waals surface area contributed by atoms with Crippen LogP contribution in [0.5, 0.6) is 0 Å². The predicted molar refractivity (Wildman–Crippen MR) is 130 cm³/mol. The molecule has 31 heavy (non-hydrogen) atoms. The molecule has 3 nitrogen and oxygen atoms in total. The number of hydrogen-bond donors (Lipinski definition) is 2. The lowest BCUT2D eigenvalue weighted by Gasteiger charge is -2.65. The van der Waals surface area contributed by atoms with E-state index in [-0.39, 0.29) is 5.91 Å². The quantitative estimate of drug-likeness (QED) is 0.606. The number of nitrogens with two attached hydrogens (primary N) is 1. The van der Waals surface area contributed by atoms with Gasteiger partial charge in [-0.25, -0.2) is 0 Å². The highest BCUT2D eigenvalue weighted by Gasteiger charge is 2.60. The van der Waals surface area contributed by atoms with Crippen LogP contribution in [0.4, 0.5) is 0 Å². The normalized spacial score (nSPS) is 41.3. The van der Waals surface area contributed by atoms with Gasteiger partial charge in [-0.2, -0.15) is 11.8 Å². The maximum absolute atomic E-state index is 12.7. The second-order valence-electron chi connectivity index (χ2n) is 11.5. The molecular formula is C27H40N2OS. The van der Waals surface area contributed by atoms with Crippen LogP contribution in [0, 0.1) is 23.2 Å². The lowest BCUT2D eigenvalue weighted by molar-refractivity contribution is -0.125. The van der Waals surface area contributed by atoms with E-state index in [2.05, 4.69) is 41.9 Å². The molecule has 4 heteroatoms. The summed E-state index contributed by atoms with van der Waals surface area (Å²) in [5.41, 5.74) is 8.53. The highest BCUT2D eigenvalue weighted by Crippen LogP contribution is 2.68. The molecule has 5 aliphatic rings. The molecule has 0 heterocycles. The molecule has 1 aromatic rings. The lowest BCUT2D eigenvalue weighted by Crippen LogP contribution is -2.58. The van der Waals surface area contributed by atoms with Crippen LogP contribution >= 0.6 is 11.8 Å². The molecule has 5 fully saturated rings. The zero-order valence-electron chi connectivity index (χ0n) is 19.2. The Bertz CT molecular complexity index is 757. The van der Waals surface area contributed by atoms with Crippen LogP contribution in [-0.2, 0) is 10.2 Å². The molecule has 1 aromatic carbocycles. The number of thioether (sulfide) groups is 1. The van der Waals surface area contributed by atoms with Crippen LogP contribution in [0.1, 0.15) is 76.2 Å². The summed E-state index contributed by atoms with van der Waals surface area (Å²) >= 11 is 2.05. The van der Waals surface area contributed by atoms with Crippen molar-refractivity contribution >= 4 is 17.7 Å². The Kier molecular flexibility index (Phi) is 6.15. The Morgan fingerprint density at radius 2 is 1.74 bits per heavy atom. The molecule has 1 amide bonds. The van der Waals surface area contributed by atoms with Crippen molar-refractivity contribution in [2.45, 2.75) is 88.1 Å². The minimum atomic E-state index is 0.283. The first-order valence-corrected chi connectivity index (χ1v) is 14.0. The van der Waals surface area contributed by atoms with Gasteiger partial charge in [-0.05, 0) is 110 Å². The van der Waals surface area contributed by atoms with Crippen molar-refractivity contribution in [3.63, 3.8) is 0 Å². The standard InChI is InChI=1S/C27H40N2OS/c1-31-18-26-13-19-15-27(17-26,21-5-3-2-4-6-21)16-20(14-26)24(19)11-12-25(30)29-23-9-7-22(28)8-10-23/h2-6,19-20,22-24H,7-18,28H2,1H3,(H,29,30). The summed E-state index contributed by atoms with van der Waals surface area (Å²) < 4.78 is 0. The van der Waals surface area contributed by atoms with Crippen molar-refractivity contribution in [3.05, 3.63) is 35.9 Å². The number of carbonyl (C=O) groups is 1. The zero-order chi connectivity index (χ0) is 21.5. The number of benzene rings is 1. The smallest absolute Gasteiger partial charge is 0.220 e. The van der Waals surface area contributed by atoms with E-state index < -0.39 is 0 Å². The van der Waals surface area contributed by atoms with Crippen LogP contribution < -0.4 is 11.1 Å². The Labute approximate surface area is 192 Å². The van der Waals surface area contributed by atoms with Crippen LogP contribution in [0.2, 0.25) is 0 Å². The number of hydrogen-bond acceptors (Lipinski definition) is 3. The van der Waals surface area contributed by atoms with E-state index in [1.807, 2.05) is 11.8 Å². The van der Waals surface area contributed by atoms with E-state index in [0.29, 0.717) is 29.3 Å². The summed E-state index contributed by atoms with van der Waals surface area (Å²) in [6.45, 7) is 0. The van der Waals surface area contributed by atoms with E-state index in [1.54, 1.807) is 5.56 Å². The van der Waals surface area contributed by atoms with Gasteiger partial charge in [0.2, 0.25) is 5.91 Å². The van der Waals surface area contributed by atoms with Gasteiger partial charge in [0.15, 0.2) is 0 Å². The summed E-state index contributed by atoms with van der Waals surface area (Å²) in [5, 5.41) is 3.33. The first-order valence-electron chi connectivity index (χ1n) is 12.6. The molecular weight excluding hydrogens is 400 g/mol. The summed E-state index contributed by atoms with van der Waals surface area (Å²) in [5.74, 6) is 3.94. The molecule has 0 aromatic heterocycles. The van der Waals surface area contributed by atoms with Gasteiger partial charge in [0.1, 0.15) is 0 Å². The molecule has 170 valence electrons. The number of amides is 1. The van der Waals surface area contributed by atoms with E-state index >= 15 is 0 Å². The summed E-state index contributed by atoms with van der Waals surface area (Å²) in [7, 11) is 0. The first-order chi connectivity index (χ1) is 15.0. The van der Waals surface area contributed by atoms with Gasteiger partial charge in [0.25, 0.3) is 0 Å². The Morgan fingerprint density at radius 3 is 2.39 bits per heavy atom. The molecule has 0 aliphatic heterocycles. The van der Waals surface area contributed by atoms with Gasteiger partial charge in [0.05, 0.1) is 0 Å². The van der Waals surface area contributed by atoms with Crippen molar-refractivity contribution in [1.29, 1.82) is 0 Å². The highest BCUT2D eigenvalue weighted by atomic mass is 32.2. The summed E-state index contributed by atoms with van der Waals surface area (Å²) in [6, 6.07) is 12.1. The fourth-order valence-corrected chi connectivity index (χ4v) is 9.31. The van der Waals surface area contributed by atoms with Crippen LogP contribution in [0.3, 0.4) is 0 Å². The second-order valence-corrected chi connectivity index (χ2v) is 12.3. The van der Waals surface area contributed by atoms with Crippen LogP contribution in [0.15, 0.2) is 30.3 Å². The van der Waals surface area contributed by atoms with Gasteiger partial charge in [-0.15, -0.1) is 0 Å². The fraction of sp³-hybridized carbons (Fsp3) is 0.741. The second kappa shape index (κ2) is 8.74. The van der Waals surface area contributed by atoms with E-state index in [9.17, 15) is 4.79 Å². The van der Waals surface area contributed by atoms with Gasteiger partial charge >= 0.3 is 0 Å². The van der Waals surface area contributed by atoms with Crippen molar-refractivity contribution in [2.75, 3.05) is 12.0 Å². The SMILES string of the molecule is CSCC12CC3CC(c4ccccc4)(CC(C1)C3CCC(=O)NC1CCC(N)CC1)C2. The monoisotopic (exact) mass is 440 g/mol. The minimum Gasteiger partial charge on any atom is -0.353 e. The number of rotatable bonds is 7. The first kappa shape index (κ1) is 21.8. The van der Waals surface area contributed by atoms with Gasteiger partial charge in [-0.3, -0.25) is 4.79 Å². The Balaban J connectivity index is 1.25. The molecule has 2 atom stereocenters. The molecule has 0 radical (unpaired) electrons. The highest BCUT2D eigenvalue weighted by molar-refractivity contribution is 7.98. The topological polar surface area (TPSA) is 55.1 Å². The maximum atomic E-state index is 12.7. The van der Waals surface area contributed by atoms with E-state index in [0.717, 1.165) is 49.9 Å². The third kappa shape index (κ3) is 4.31. The van der Waals surface area contributed by atoms with Crippen LogP contribution in [0.25, 0.3) is 0 Å².